The predicted octanol–water partition coefficient (Wildman–Crippen LogP) is 1.16. The molecule has 0 atom stereocenters. The van der Waals surface area contributed by atoms with Crippen molar-refractivity contribution in [2.45, 2.75) is 20.3 Å². The number of hydrogen-bond acceptors (Lipinski definition) is 2. The van der Waals surface area contributed by atoms with Gasteiger partial charge in [-0.3, -0.25) is 0 Å². The van der Waals surface area contributed by atoms with Crippen LogP contribution in [0.2, 0.25) is 0 Å². The van der Waals surface area contributed by atoms with E-state index in [1.807, 2.05) is 0 Å². The van der Waals surface area contributed by atoms with Crippen molar-refractivity contribution in [3.63, 3.8) is 0 Å². The van der Waals surface area contributed by atoms with Gasteiger partial charge in [0.2, 0.25) is 0 Å². The molecule has 0 rings (SSSR count). The summed E-state index contributed by atoms with van der Waals surface area (Å²) in [6, 6.07) is 0. The Balaban J connectivity index is 0. The van der Waals surface area contributed by atoms with Gasteiger partial charge in [-0.25, -0.2) is 6.29 Å². The van der Waals surface area contributed by atoms with Crippen LogP contribution in [-0.2, 0) is 42.2 Å². The molecule has 0 amide bonds. The van der Waals surface area contributed by atoms with Gasteiger partial charge in [-0.15, -0.1) is 0 Å². The van der Waals surface area contributed by atoms with Crippen molar-refractivity contribution in [1.29, 1.82) is 0 Å². The molecule has 0 aromatic carbocycles. The van der Waals surface area contributed by atoms with Gasteiger partial charge in [-0.2, -0.15) is 0 Å². The molecule has 0 saturated heterocycles. The van der Waals surface area contributed by atoms with Crippen LogP contribution in [0.5, 0.6) is 0 Å². The third-order valence-electron chi connectivity index (χ3n) is 1.00. The van der Waals surface area contributed by atoms with E-state index in [9.17, 15) is 4.79 Å². The molecular weight excluding hydrogens is 205 g/mol. The van der Waals surface area contributed by atoms with Crippen LogP contribution in [0.4, 0.5) is 0 Å². The summed E-state index contributed by atoms with van der Waals surface area (Å²) in [6.45, 7) is 5.03. The maximum atomic E-state index is 9.60. The molecule has 0 N–H and O–H groups in total. The summed E-state index contributed by atoms with van der Waals surface area (Å²) >= 11 is 0. The Kier molecular flexibility index (Phi) is 13.0. The van der Waals surface area contributed by atoms with E-state index in [1.165, 1.54) is 0 Å². The molecule has 0 aromatic rings. The second kappa shape index (κ2) is 9.73. The largest absolute Gasteiger partial charge is 0.540 e. The summed E-state index contributed by atoms with van der Waals surface area (Å²) < 4.78 is 4.87. The molecule has 0 aliphatic heterocycles. The average molecular weight is 218 g/mol. The van der Waals surface area contributed by atoms with Gasteiger partial charge in [0.25, 0.3) is 0 Å². The first-order valence-corrected chi connectivity index (χ1v) is 3.20. The van der Waals surface area contributed by atoms with Gasteiger partial charge in [-0.05, 0) is 18.9 Å². The summed E-state index contributed by atoms with van der Waals surface area (Å²) in [6.07, 6.45) is 2.68. The Bertz CT molecular complexity index is 74.0. The molecule has 57 valence electrons. The van der Waals surface area contributed by atoms with Gasteiger partial charge in [0.1, 0.15) is 0 Å². The quantitative estimate of drug-likeness (QED) is 0.511. The van der Waals surface area contributed by atoms with Crippen molar-refractivity contribution in [3.05, 3.63) is 0 Å². The van der Waals surface area contributed by atoms with Gasteiger partial charge in [0.15, 0.2) is 0 Å². The second-order valence-corrected chi connectivity index (χ2v) is 2.38. The first kappa shape index (κ1) is 13.3. The average Bonchev–Trinajstić information content (AvgIpc) is 1.80. The Morgan fingerprint density at radius 1 is 1.50 bits per heavy atom. The molecule has 0 unspecified atom stereocenters. The van der Waals surface area contributed by atoms with Gasteiger partial charge >= 0.3 is 0 Å². The van der Waals surface area contributed by atoms with Crippen LogP contribution in [0, 0.1) is 5.92 Å². The first-order valence-electron chi connectivity index (χ1n) is 3.20. The number of ether oxygens (including phenoxy) is 1. The third kappa shape index (κ3) is 11.5. The SMILES string of the molecule is CC(C)CCOC[C-]=O.[Y]. The number of rotatable bonds is 5. The minimum atomic E-state index is 0. The van der Waals surface area contributed by atoms with E-state index in [0.717, 1.165) is 6.42 Å². The molecule has 2 nitrogen and oxygen atoms in total. The molecule has 1 radical (unpaired) electrons. The monoisotopic (exact) mass is 218 g/mol. The Labute approximate surface area is 87.6 Å². The number of carbonyl (C=O) groups excluding carboxylic acids is 1. The topological polar surface area (TPSA) is 26.3 Å². The molecule has 0 heterocycles. The van der Waals surface area contributed by atoms with Gasteiger partial charge < -0.3 is 9.53 Å². The van der Waals surface area contributed by atoms with Gasteiger partial charge in [0.05, 0.1) is 0 Å². The van der Waals surface area contributed by atoms with Crippen molar-refractivity contribution in [1.82, 2.24) is 0 Å². The molecule has 10 heavy (non-hydrogen) atoms. The van der Waals surface area contributed by atoms with Crippen molar-refractivity contribution in [3.8, 4) is 0 Å². The van der Waals surface area contributed by atoms with E-state index < -0.39 is 0 Å². The fraction of sp³-hybridized carbons (Fsp3) is 0.857. The van der Waals surface area contributed by atoms with Crippen LogP contribution in [0.3, 0.4) is 0 Å². The van der Waals surface area contributed by atoms with E-state index in [1.54, 1.807) is 6.29 Å². The first-order chi connectivity index (χ1) is 4.27. The predicted molar refractivity (Wildman–Crippen MR) is 36.0 cm³/mol. The van der Waals surface area contributed by atoms with Crippen LogP contribution in [0.15, 0.2) is 0 Å². The fourth-order valence-electron chi connectivity index (χ4n) is 0.433. The normalized spacial score (nSPS) is 9.10. The van der Waals surface area contributed by atoms with E-state index in [2.05, 4.69) is 13.8 Å². The zero-order chi connectivity index (χ0) is 7.11. The van der Waals surface area contributed by atoms with E-state index >= 15 is 0 Å². The second-order valence-electron chi connectivity index (χ2n) is 2.38. The van der Waals surface area contributed by atoms with Crippen molar-refractivity contribution in [2.24, 2.45) is 5.92 Å². The van der Waals surface area contributed by atoms with Gasteiger partial charge in [0, 0.05) is 39.3 Å². The Morgan fingerprint density at radius 2 is 2.10 bits per heavy atom. The van der Waals surface area contributed by atoms with Crippen LogP contribution in [0.1, 0.15) is 20.3 Å². The summed E-state index contributed by atoms with van der Waals surface area (Å²) in [5.41, 5.74) is 0. The molecule has 0 aromatic heterocycles. The van der Waals surface area contributed by atoms with Crippen LogP contribution < -0.4 is 0 Å². The summed E-state index contributed by atoms with van der Waals surface area (Å²) in [5, 5.41) is 0. The maximum absolute atomic E-state index is 9.60. The zero-order valence-electron chi connectivity index (χ0n) is 6.59. The van der Waals surface area contributed by atoms with Gasteiger partial charge in [-0.1, -0.05) is 13.8 Å². The molecular formula is C7H13O2Y-. The Hall–Kier alpha value is 0.734. The minimum absolute atomic E-state index is 0. The molecule has 3 heteroatoms. The summed E-state index contributed by atoms with van der Waals surface area (Å²) in [4.78, 5) is 9.60. The standard InChI is InChI=1S/C7H13O2.Y/c1-7(2)3-5-9-6-4-8;/h7H,3,5-6H2,1-2H3;/q-1;. The summed E-state index contributed by atoms with van der Waals surface area (Å²) in [5.74, 6) is 0.650. The van der Waals surface area contributed by atoms with Crippen molar-refractivity contribution < 1.29 is 42.2 Å². The van der Waals surface area contributed by atoms with Crippen molar-refractivity contribution in [2.75, 3.05) is 13.2 Å². The zero-order valence-corrected chi connectivity index (χ0v) is 9.43. The molecule has 0 aliphatic carbocycles. The maximum Gasteiger partial charge on any atom is 0.0435 e. The van der Waals surface area contributed by atoms with E-state index in [0.29, 0.717) is 12.5 Å². The van der Waals surface area contributed by atoms with Crippen LogP contribution >= 0.6 is 0 Å². The number of hydrogen-bond donors (Lipinski definition) is 0. The Morgan fingerprint density at radius 3 is 2.50 bits per heavy atom. The molecule has 0 aliphatic rings. The third-order valence-corrected chi connectivity index (χ3v) is 1.00. The molecule has 0 spiro atoms. The van der Waals surface area contributed by atoms with E-state index in [-0.39, 0.29) is 39.3 Å². The van der Waals surface area contributed by atoms with E-state index in [4.69, 9.17) is 4.74 Å². The smallest absolute Gasteiger partial charge is 0.0435 e. The minimum Gasteiger partial charge on any atom is -0.540 e. The van der Waals surface area contributed by atoms with Crippen LogP contribution in [-0.4, -0.2) is 19.5 Å². The molecule has 0 fully saturated rings. The van der Waals surface area contributed by atoms with Crippen molar-refractivity contribution >= 4 is 6.29 Å². The summed E-state index contributed by atoms with van der Waals surface area (Å²) in [7, 11) is 0. The van der Waals surface area contributed by atoms with Crippen LogP contribution in [0.25, 0.3) is 0 Å². The molecule has 0 bridgehead atoms. The fourth-order valence-corrected chi connectivity index (χ4v) is 0.433. The molecule has 0 saturated carbocycles.